The van der Waals surface area contributed by atoms with E-state index in [0.29, 0.717) is 17.4 Å². The number of hydrogen-bond acceptors (Lipinski definition) is 3. The first kappa shape index (κ1) is 17.3. The smallest absolute Gasteiger partial charge is 0.313 e. The molecule has 0 spiro atoms. The van der Waals surface area contributed by atoms with Crippen LogP contribution in [0.1, 0.15) is 48.5 Å². The van der Waals surface area contributed by atoms with Crippen LogP contribution in [-0.4, -0.2) is 46.7 Å². The van der Waals surface area contributed by atoms with E-state index in [1.165, 1.54) is 12.8 Å². The number of carbonyl (C=O) groups excluding carboxylic acids is 3. The molecule has 3 fully saturated rings. The molecule has 4 rings (SSSR count). The molecule has 1 heterocycles. The highest BCUT2D eigenvalue weighted by molar-refractivity contribution is 6.11. The predicted octanol–water partition coefficient (Wildman–Crippen LogP) is 3.27. The molecule has 3 amide bonds. The van der Waals surface area contributed by atoms with E-state index >= 15 is 0 Å². The van der Waals surface area contributed by atoms with E-state index in [1.54, 1.807) is 24.1 Å². The Bertz CT molecular complexity index is 789. The van der Waals surface area contributed by atoms with Gasteiger partial charge in [0.2, 0.25) is 0 Å². The first-order valence-corrected chi connectivity index (χ1v) is 9.52. The molecule has 1 aliphatic heterocycles. The molecule has 1 aromatic carbocycles. The number of fused-ring (bicyclic) bond motifs is 2. The number of Topliss-reactive ketones (excluding diaryl/α,β-unsaturated/α-hetero) is 1. The minimum absolute atomic E-state index is 0.179. The van der Waals surface area contributed by atoms with Gasteiger partial charge in [0.25, 0.3) is 5.91 Å². The van der Waals surface area contributed by atoms with E-state index in [0.717, 1.165) is 23.3 Å². The fraction of sp³-hybridized carbons (Fsp3) is 0.571. The second-order valence-corrected chi connectivity index (χ2v) is 8.45. The zero-order valence-electron chi connectivity index (χ0n) is 15.7. The number of benzene rings is 1. The molecule has 0 radical (unpaired) electrons. The molecule has 0 N–H and O–H groups in total. The Morgan fingerprint density at radius 2 is 2.00 bits per heavy atom. The van der Waals surface area contributed by atoms with Gasteiger partial charge in [-0.15, -0.1) is 0 Å². The maximum Gasteiger partial charge on any atom is 0.327 e. The lowest BCUT2D eigenvalue weighted by atomic mass is 9.74. The minimum atomic E-state index is -0.816. The van der Waals surface area contributed by atoms with E-state index in [4.69, 9.17) is 0 Å². The van der Waals surface area contributed by atoms with Crippen molar-refractivity contribution in [3.8, 4) is 0 Å². The van der Waals surface area contributed by atoms with Crippen LogP contribution >= 0.6 is 0 Å². The van der Waals surface area contributed by atoms with Gasteiger partial charge in [0.15, 0.2) is 5.78 Å². The van der Waals surface area contributed by atoms with Crippen LogP contribution in [-0.2, 0) is 4.79 Å². The Kier molecular flexibility index (Phi) is 3.94. The van der Waals surface area contributed by atoms with Gasteiger partial charge in [-0.05, 0) is 56.9 Å². The maximum atomic E-state index is 13.3. The molecule has 4 atom stereocenters. The minimum Gasteiger partial charge on any atom is -0.313 e. The summed E-state index contributed by atoms with van der Waals surface area (Å²) >= 11 is 0. The maximum absolute atomic E-state index is 13.3. The number of amides is 3. The summed E-state index contributed by atoms with van der Waals surface area (Å²) in [4.78, 5) is 41.5. The monoisotopic (exact) mass is 354 g/mol. The Balaban J connectivity index is 1.57. The summed E-state index contributed by atoms with van der Waals surface area (Å²) in [6.45, 7) is 3.64. The quantitative estimate of drug-likeness (QED) is 0.616. The van der Waals surface area contributed by atoms with Crippen LogP contribution in [0.2, 0.25) is 0 Å². The van der Waals surface area contributed by atoms with Crippen molar-refractivity contribution < 1.29 is 14.4 Å². The third-order valence-electron chi connectivity index (χ3n) is 6.99. The Morgan fingerprint density at radius 1 is 1.23 bits per heavy atom. The van der Waals surface area contributed by atoms with Crippen LogP contribution in [0.25, 0.3) is 0 Å². The fourth-order valence-corrected chi connectivity index (χ4v) is 5.42. The lowest BCUT2D eigenvalue weighted by Crippen LogP contribution is -2.53. The lowest BCUT2D eigenvalue weighted by Gasteiger charge is -2.39. The van der Waals surface area contributed by atoms with E-state index in [1.807, 2.05) is 26.0 Å². The second kappa shape index (κ2) is 5.93. The summed E-state index contributed by atoms with van der Waals surface area (Å²) in [5.74, 6) is 1.03. The van der Waals surface area contributed by atoms with Gasteiger partial charge >= 0.3 is 6.03 Å². The first-order valence-electron chi connectivity index (χ1n) is 9.52. The average molecular weight is 354 g/mol. The largest absolute Gasteiger partial charge is 0.327 e. The van der Waals surface area contributed by atoms with Crippen molar-refractivity contribution in [1.82, 2.24) is 9.80 Å². The van der Waals surface area contributed by atoms with Gasteiger partial charge in [-0.25, -0.2) is 4.79 Å². The van der Waals surface area contributed by atoms with Crippen molar-refractivity contribution in [1.29, 1.82) is 0 Å². The van der Waals surface area contributed by atoms with Crippen LogP contribution in [0.4, 0.5) is 4.79 Å². The zero-order chi connectivity index (χ0) is 18.6. The third-order valence-corrected chi connectivity index (χ3v) is 6.99. The van der Waals surface area contributed by atoms with E-state index in [9.17, 15) is 14.4 Å². The molecular formula is C21H26N2O3. The number of urea groups is 1. The van der Waals surface area contributed by atoms with Crippen molar-refractivity contribution in [2.75, 3.05) is 13.6 Å². The molecule has 2 bridgehead atoms. The molecule has 2 unspecified atom stereocenters. The molecule has 1 aromatic rings. The fourth-order valence-electron chi connectivity index (χ4n) is 5.42. The Labute approximate surface area is 154 Å². The van der Waals surface area contributed by atoms with Crippen LogP contribution in [0.3, 0.4) is 0 Å². The molecule has 5 heteroatoms. The Morgan fingerprint density at radius 3 is 2.62 bits per heavy atom. The van der Waals surface area contributed by atoms with Gasteiger partial charge in [-0.1, -0.05) is 30.2 Å². The van der Waals surface area contributed by atoms with Crippen LogP contribution < -0.4 is 0 Å². The molecule has 2 saturated carbocycles. The molecule has 0 aromatic heterocycles. The van der Waals surface area contributed by atoms with Crippen molar-refractivity contribution in [2.24, 2.45) is 17.8 Å². The van der Waals surface area contributed by atoms with Gasteiger partial charge in [0.1, 0.15) is 5.54 Å². The Hall–Kier alpha value is -2.17. The molecule has 138 valence electrons. The number of likely N-dealkylation sites (N-methyl/N-ethyl adjacent to an activating group) is 1. The van der Waals surface area contributed by atoms with Crippen molar-refractivity contribution in [3.63, 3.8) is 0 Å². The summed E-state index contributed by atoms with van der Waals surface area (Å²) in [7, 11) is 1.71. The second-order valence-electron chi connectivity index (χ2n) is 8.45. The SMILES string of the molecule is Cc1cccc(C(=O)CN2C(=O)N(C)C(C)(C3C[C@@H]4CC[C@H]3C4)C2=O)c1. The zero-order valence-corrected chi connectivity index (χ0v) is 15.7. The van der Waals surface area contributed by atoms with Gasteiger partial charge in [0, 0.05) is 12.6 Å². The number of carbonyl (C=O) groups is 3. The standard InChI is InChI=1S/C21H26N2O3/c1-13-5-4-6-16(9-13)18(24)12-23-19(25)21(2,22(3)20(23)26)17-11-14-7-8-15(17)10-14/h4-6,9,14-15,17H,7-8,10-12H2,1-3H3/t14-,15+,17?,21?/m1/s1. The number of hydrogen-bond donors (Lipinski definition) is 0. The van der Waals surface area contributed by atoms with Gasteiger partial charge < -0.3 is 4.90 Å². The number of aryl methyl sites for hydroxylation is 1. The van der Waals surface area contributed by atoms with Crippen LogP contribution in [0.15, 0.2) is 24.3 Å². The van der Waals surface area contributed by atoms with E-state index in [-0.39, 0.29) is 30.2 Å². The van der Waals surface area contributed by atoms with Gasteiger partial charge in [0.05, 0.1) is 6.54 Å². The predicted molar refractivity (Wildman–Crippen MR) is 97.7 cm³/mol. The summed E-state index contributed by atoms with van der Waals surface area (Å²) in [5, 5.41) is 0. The number of ketones is 1. The highest BCUT2D eigenvalue weighted by atomic mass is 16.2. The summed E-state index contributed by atoms with van der Waals surface area (Å²) in [5.41, 5.74) is 0.713. The number of nitrogens with zero attached hydrogens (tertiary/aromatic N) is 2. The normalized spacial score (nSPS) is 33.4. The number of rotatable bonds is 4. The highest BCUT2D eigenvalue weighted by Crippen LogP contribution is 2.54. The van der Waals surface area contributed by atoms with E-state index < -0.39 is 5.54 Å². The molecule has 5 nitrogen and oxygen atoms in total. The molecule has 26 heavy (non-hydrogen) atoms. The van der Waals surface area contributed by atoms with Crippen molar-refractivity contribution >= 4 is 17.7 Å². The average Bonchev–Trinajstić information content (AvgIpc) is 3.30. The van der Waals surface area contributed by atoms with Crippen LogP contribution in [0.5, 0.6) is 0 Å². The van der Waals surface area contributed by atoms with Gasteiger partial charge in [-0.3, -0.25) is 14.5 Å². The molecule has 2 aliphatic carbocycles. The van der Waals surface area contributed by atoms with Crippen molar-refractivity contribution in [2.45, 2.75) is 45.1 Å². The summed E-state index contributed by atoms with van der Waals surface area (Å²) in [6.07, 6.45) is 4.60. The van der Waals surface area contributed by atoms with Crippen LogP contribution in [0, 0.1) is 24.7 Å². The molecule has 1 saturated heterocycles. The van der Waals surface area contributed by atoms with Gasteiger partial charge in [-0.2, -0.15) is 0 Å². The topological polar surface area (TPSA) is 57.7 Å². The highest BCUT2D eigenvalue weighted by Gasteiger charge is 2.61. The van der Waals surface area contributed by atoms with E-state index in [2.05, 4.69) is 0 Å². The number of imide groups is 1. The third kappa shape index (κ3) is 2.40. The molecule has 3 aliphatic rings. The molecular weight excluding hydrogens is 328 g/mol. The summed E-state index contributed by atoms with van der Waals surface area (Å²) in [6, 6.07) is 6.93. The first-order chi connectivity index (χ1) is 12.3. The van der Waals surface area contributed by atoms with Crippen molar-refractivity contribution in [3.05, 3.63) is 35.4 Å². The lowest BCUT2D eigenvalue weighted by molar-refractivity contribution is -0.135. The summed E-state index contributed by atoms with van der Waals surface area (Å²) < 4.78 is 0.